The van der Waals surface area contributed by atoms with Gasteiger partial charge in [0.1, 0.15) is 0 Å². The molecule has 1 atom stereocenters. The molecule has 0 bridgehead atoms. The number of thiophene rings is 2. The van der Waals surface area contributed by atoms with Crippen molar-refractivity contribution in [2.24, 2.45) is 5.92 Å². The number of rotatable bonds is 6. The fraction of sp³-hybridized carbons (Fsp3) is 0.0233. The summed E-state index contributed by atoms with van der Waals surface area (Å²) in [6.45, 7) is 0. The molecule has 0 saturated carbocycles. The van der Waals surface area contributed by atoms with Gasteiger partial charge in [0.2, 0.25) is 0 Å². The quantitative estimate of drug-likeness (QED) is 0.179. The van der Waals surface area contributed by atoms with Crippen molar-refractivity contribution in [1.29, 1.82) is 0 Å². The highest BCUT2D eigenvalue weighted by molar-refractivity contribution is 7.27. The lowest BCUT2D eigenvalue weighted by Gasteiger charge is -2.28. The molecule has 2 aliphatic carbocycles. The molecule has 0 fully saturated rings. The molecule has 0 N–H and O–H groups in total. The fourth-order valence-corrected chi connectivity index (χ4v) is 9.25. The highest BCUT2D eigenvalue weighted by atomic mass is 32.1. The Bertz CT molecular complexity index is 2530. The minimum absolute atomic E-state index is 0.473. The van der Waals surface area contributed by atoms with Gasteiger partial charge in [-0.15, -0.1) is 22.7 Å². The van der Waals surface area contributed by atoms with Gasteiger partial charge in [-0.3, -0.25) is 0 Å². The van der Waals surface area contributed by atoms with Gasteiger partial charge in [-0.05, 0) is 96.6 Å². The number of benzene rings is 6. The van der Waals surface area contributed by atoms with Crippen LogP contribution >= 0.6 is 22.7 Å². The molecular weight excluding hydrogens is 609 g/mol. The van der Waals surface area contributed by atoms with Crippen molar-refractivity contribution in [3.05, 3.63) is 175 Å². The lowest BCUT2D eigenvalue weighted by molar-refractivity contribution is 1.09. The third-order valence-electron chi connectivity index (χ3n) is 9.31. The second-order valence-electron chi connectivity index (χ2n) is 12.2. The highest BCUT2D eigenvalue weighted by Gasteiger charge is 2.32. The summed E-state index contributed by atoms with van der Waals surface area (Å²) in [5.41, 5.74) is 8.52. The summed E-state index contributed by atoms with van der Waals surface area (Å²) in [6.07, 6.45) is 9.08. The first-order chi connectivity index (χ1) is 23.3. The van der Waals surface area contributed by atoms with Gasteiger partial charge in [0.05, 0.1) is 0 Å². The van der Waals surface area contributed by atoms with Crippen LogP contribution in [-0.2, 0) is 0 Å². The second-order valence-corrected chi connectivity index (χ2v) is 14.3. The molecule has 1 unspecified atom stereocenters. The Kier molecular flexibility index (Phi) is 6.01. The molecule has 10 rings (SSSR count). The zero-order valence-corrected chi connectivity index (χ0v) is 27.0. The van der Waals surface area contributed by atoms with Gasteiger partial charge in [0.25, 0.3) is 0 Å². The van der Waals surface area contributed by atoms with Crippen molar-refractivity contribution in [3.63, 3.8) is 0 Å². The number of nitrogens with zero attached hydrogens (tertiary/aromatic N) is 2. The lowest BCUT2D eigenvalue weighted by atomic mass is 10.1. The van der Waals surface area contributed by atoms with E-state index in [-0.39, 0.29) is 0 Å². The molecule has 8 aromatic rings. The number of hydrogen-bond donors (Lipinski definition) is 0. The molecule has 2 aliphatic rings. The fourth-order valence-electron chi connectivity index (χ4n) is 7.03. The monoisotopic (exact) mass is 636 g/mol. The predicted octanol–water partition coefficient (Wildman–Crippen LogP) is 13.0. The first-order valence-corrected chi connectivity index (χ1v) is 17.6. The molecule has 222 valence electrons. The third-order valence-corrected chi connectivity index (χ3v) is 11.6. The largest absolute Gasteiger partial charge is 0.310 e. The zero-order valence-electron chi connectivity index (χ0n) is 25.4. The van der Waals surface area contributed by atoms with E-state index in [1.165, 1.54) is 63.0 Å². The van der Waals surface area contributed by atoms with E-state index in [2.05, 4.69) is 174 Å². The van der Waals surface area contributed by atoms with Gasteiger partial charge in [0.15, 0.2) is 0 Å². The van der Waals surface area contributed by atoms with Crippen LogP contribution in [0.2, 0.25) is 0 Å². The van der Waals surface area contributed by atoms with Crippen LogP contribution in [-0.4, -0.2) is 0 Å². The third kappa shape index (κ3) is 4.44. The average molecular weight is 637 g/mol. The Balaban J connectivity index is 1.12. The smallest absolute Gasteiger partial charge is 0.0499 e. The Morgan fingerprint density at radius 2 is 0.894 bits per heavy atom. The maximum atomic E-state index is 2.43. The van der Waals surface area contributed by atoms with Gasteiger partial charge in [0, 0.05) is 80.4 Å². The highest BCUT2D eigenvalue weighted by Crippen LogP contribution is 2.48. The van der Waals surface area contributed by atoms with E-state index in [1.807, 2.05) is 22.7 Å². The molecule has 0 spiro atoms. The molecule has 47 heavy (non-hydrogen) atoms. The summed E-state index contributed by atoms with van der Waals surface area (Å²) in [4.78, 5) is 4.77. The Morgan fingerprint density at radius 1 is 0.426 bits per heavy atom. The van der Waals surface area contributed by atoms with Crippen LogP contribution in [0.3, 0.4) is 0 Å². The van der Waals surface area contributed by atoms with Crippen LogP contribution in [0.25, 0.3) is 40.3 Å². The van der Waals surface area contributed by atoms with Crippen molar-refractivity contribution < 1.29 is 0 Å². The topological polar surface area (TPSA) is 6.48 Å². The average Bonchev–Trinajstić information content (AvgIpc) is 3.74. The van der Waals surface area contributed by atoms with Crippen LogP contribution in [0, 0.1) is 5.92 Å². The van der Waals surface area contributed by atoms with E-state index in [9.17, 15) is 0 Å². The molecule has 2 aromatic heterocycles. The summed E-state index contributed by atoms with van der Waals surface area (Å²) in [7, 11) is 0. The Morgan fingerprint density at radius 3 is 1.43 bits per heavy atom. The first-order valence-electron chi connectivity index (χ1n) is 16.0. The van der Waals surface area contributed by atoms with Crippen molar-refractivity contribution in [3.8, 4) is 0 Å². The number of fused-ring (bicyclic) bond motifs is 7. The molecule has 2 heterocycles. The van der Waals surface area contributed by atoms with Crippen LogP contribution < -0.4 is 9.80 Å². The maximum Gasteiger partial charge on any atom is 0.0499 e. The molecule has 0 radical (unpaired) electrons. The molecule has 2 nitrogen and oxygen atoms in total. The Labute approximate surface area is 281 Å². The number of hydrogen-bond acceptors (Lipinski definition) is 4. The lowest BCUT2D eigenvalue weighted by Crippen LogP contribution is -2.17. The predicted molar refractivity (Wildman–Crippen MR) is 204 cm³/mol. The number of anilines is 5. The van der Waals surface area contributed by atoms with E-state index in [0.29, 0.717) is 5.92 Å². The summed E-state index contributed by atoms with van der Waals surface area (Å²) >= 11 is 3.78. The van der Waals surface area contributed by atoms with Gasteiger partial charge < -0.3 is 9.80 Å². The van der Waals surface area contributed by atoms with E-state index >= 15 is 0 Å². The molecule has 4 heteroatoms. The van der Waals surface area contributed by atoms with Crippen molar-refractivity contribution in [1.82, 2.24) is 0 Å². The molecule has 0 saturated heterocycles. The van der Waals surface area contributed by atoms with E-state index < -0.39 is 0 Å². The van der Waals surface area contributed by atoms with Gasteiger partial charge in [-0.1, -0.05) is 72.8 Å². The van der Waals surface area contributed by atoms with Crippen molar-refractivity contribution >= 4 is 91.5 Å². The summed E-state index contributed by atoms with van der Waals surface area (Å²) < 4.78 is 5.28. The van der Waals surface area contributed by atoms with Gasteiger partial charge in [-0.2, -0.15) is 0 Å². The standard InChI is InChI=1S/C43H28N2S2/c1-4-12-29(13-5-1)44(30-14-6-2-7-15-30)32-19-21-40-35(24-32)37-26-43-38(27-42(37)46-40)36-25-33(20-22-41(36)47-43)45(31-16-8-3-9-17-31)39-18-10-11-28-23-34(28)39/h1-28H. The summed E-state index contributed by atoms with van der Waals surface area (Å²) in [6, 6.07) is 50.8. The molecule has 0 aliphatic heterocycles. The minimum atomic E-state index is 0.473. The van der Waals surface area contributed by atoms with Crippen LogP contribution in [0.5, 0.6) is 0 Å². The minimum Gasteiger partial charge on any atom is -0.310 e. The van der Waals surface area contributed by atoms with Crippen LogP contribution in [0.4, 0.5) is 28.4 Å². The van der Waals surface area contributed by atoms with Gasteiger partial charge >= 0.3 is 0 Å². The molecular formula is C43H28N2S2. The van der Waals surface area contributed by atoms with E-state index in [4.69, 9.17) is 0 Å². The Hall–Kier alpha value is -5.42. The van der Waals surface area contributed by atoms with Crippen LogP contribution in [0.1, 0.15) is 0 Å². The van der Waals surface area contributed by atoms with Crippen LogP contribution in [0.15, 0.2) is 175 Å². The number of para-hydroxylation sites is 3. The van der Waals surface area contributed by atoms with Crippen molar-refractivity contribution in [2.75, 3.05) is 9.80 Å². The zero-order chi connectivity index (χ0) is 30.9. The van der Waals surface area contributed by atoms with E-state index in [0.717, 1.165) is 17.1 Å². The molecule has 6 aromatic carbocycles. The molecule has 0 amide bonds. The summed E-state index contributed by atoms with van der Waals surface area (Å²) in [5.74, 6) is 0.473. The summed E-state index contributed by atoms with van der Waals surface area (Å²) in [5, 5.41) is 5.27. The maximum absolute atomic E-state index is 2.43. The number of allylic oxidation sites excluding steroid dienone is 5. The first kappa shape index (κ1) is 26.8. The normalized spacial score (nSPS) is 15.2. The SMILES string of the molecule is C1=CC2C=C2C(N(c2ccccc2)c2ccc3sc4cc5c(cc4c3c2)sc2ccc(N(c3ccccc3)c3ccccc3)cc25)=C1. The van der Waals surface area contributed by atoms with Crippen molar-refractivity contribution in [2.45, 2.75) is 0 Å². The second kappa shape index (κ2) is 10.6. The van der Waals surface area contributed by atoms with Gasteiger partial charge in [-0.25, -0.2) is 0 Å². The van der Waals surface area contributed by atoms with E-state index in [1.54, 1.807) is 0 Å².